The van der Waals surface area contributed by atoms with Gasteiger partial charge in [0.25, 0.3) is 5.91 Å². The van der Waals surface area contributed by atoms with Crippen LogP contribution in [-0.2, 0) is 11.3 Å². The maximum absolute atomic E-state index is 14.0. The van der Waals surface area contributed by atoms with E-state index in [4.69, 9.17) is 5.73 Å². The highest BCUT2D eigenvalue weighted by Crippen LogP contribution is 2.26. The Bertz CT molecular complexity index is 792. The molecule has 130 valence electrons. The molecule has 0 aliphatic carbocycles. The van der Waals surface area contributed by atoms with Crippen molar-refractivity contribution in [3.8, 4) is 0 Å². The summed E-state index contributed by atoms with van der Waals surface area (Å²) in [7, 11) is 1.60. The monoisotopic (exact) mass is 341 g/mol. The molecule has 0 radical (unpaired) electrons. The zero-order valence-electron chi connectivity index (χ0n) is 14.0. The number of likely N-dealkylation sites (N-methyl/N-ethyl adjacent to an activating group) is 1. The molecular formula is C19H20FN3O2. The second kappa shape index (κ2) is 7.03. The lowest BCUT2D eigenvalue weighted by molar-refractivity contribution is -0.120. The number of hydrogen-bond acceptors (Lipinski definition) is 3. The van der Waals surface area contributed by atoms with Crippen molar-refractivity contribution in [2.24, 2.45) is 5.73 Å². The standard InChI is InChI=1S/C19H20FN3O2/c1-22(18(24)14-8-6-13(12-21)7-9-14)17-10-11-23(19(17)25)16-5-3-2-4-15(16)20/h2-9,17H,10-12,21H2,1H3/t17-/m0/s1. The molecule has 1 fully saturated rings. The van der Waals surface area contributed by atoms with Crippen LogP contribution < -0.4 is 10.6 Å². The van der Waals surface area contributed by atoms with Crippen molar-refractivity contribution in [3.05, 3.63) is 65.5 Å². The van der Waals surface area contributed by atoms with E-state index in [-0.39, 0.29) is 17.5 Å². The van der Waals surface area contributed by atoms with Gasteiger partial charge in [-0.15, -0.1) is 0 Å². The smallest absolute Gasteiger partial charge is 0.254 e. The van der Waals surface area contributed by atoms with Crippen LogP contribution in [0.15, 0.2) is 48.5 Å². The van der Waals surface area contributed by atoms with Crippen molar-refractivity contribution in [2.75, 3.05) is 18.5 Å². The van der Waals surface area contributed by atoms with Gasteiger partial charge in [-0.25, -0.2) is 4.39 Å². The lowest BCUT2D eigenvalue weighted by Crippen LogP contribution is -2.43. The molecule has 3 rings (SSSR count). The average molecular weight is 341 g/mol. The van der Waals surface area contributed by atoms with Crippen LogP contribution in [0, 0.1) is 5.82 Å². The molecule has 6 heteroatoms. The lowest BCUT2D eigenvalue weighted by Gasteiger charge is -2.24. The van der Waals surface area contributed by atoms with Crippen molar-refractivity contribution in [2.45, 2.75) is 19.0 Å². The number of nitrogens with two attached hydrogens (primary N) is 1. The fourth-order valence-electron chi connectivity index (χ4n) is 3.06. The number of amides is 2. The minimum Gasteiger partial charge on any atom is -0.330 e. The molecular weight excluding hydrogens is 321 g/mol. The van der Waals surface area contributed by atoms with E-state index in [9.17, 15) is 14.0 Å². The molecule has 2 aromatic rings. The highest BCUT2D eigenvalue weighted by molar-refractivity contribution is 6.03. The van der Waals surface area contributed by atoms with Gasteiger partial charge < -0.3 is 15.5 Å². The first-order valence-electron chi connectivity index (χ1n) is 8.15. The fraction of sp³-hybridized carbons (Fsp3) is 0.263. The topological polar surface area (TPSA) is 66.6 Å². The molecule has 2 N–H and O–H groups in total. The van der Waals surface area contributed by atoms with Gasteiger partial charge in [0.05, 0.1) is 5.69 Å². The SMILES string of the molecule is CN(C(=O)c1ccc(CN)cc1)[C@H]1CCN(c2ccccc2F)C1=O. The van der Waals surface area contributed by atoms with E-state index >= 15 is 0 Å². The van der Waals surface area contributed by atoms with Gasteiger partial charge in [0.1, 0.15) is 11.9 Å². The van der Waals surface area contributed by atoms with E-state index in [0.717, 1.165) is 5.56 Å². The molecule has 1 saturated heterocycles. The van der Waals surface area contributed by atoms with E-state index in [1.165, 1.54) is 15.9 Å². The quantitative estimate of drug-likeness (QED) is 0.927. The fourth-order valence-corrected chi connectivity index (χ4v) is 3.06. The number of rotatable bonds is 4. The van der Waals surface area contributed by atoms with Gasteiger partial charge in [-0.1, -0.05) is 24.3 Å². The van der Waals surface area contributed by atoms with E-state index in [1.54, 1.807) is 49.5 Å². The third-order valence-electron chi connectivity index (χ3n) is 4.54. The number of halogens is 1. The Morgan fingerprint density at radius 3 is 2.56 bits per heavy atom. The summed E-state index contributed by atoms with van der Waals surface area (Å²) in [5.41, 5.74) is 7.24. The highest BCUT2D eigenvalue weighted by atomic mass is 19.1. The minimum atomic E-state index is -0.596. The predicted molar refractivity (Wildman–Crippen MR) is 93.6 cm³/mol. The van der Waals surface area contributed by atoms with Crippen LogP contribution in [0.5, 0.6) is 0 Å². The molecule has 2 aromatic carbocycles. The number of anilines is 1. The van der Waals surface area contributed by atoms with E-state index in [2.05, 4.69) is 0 Å². The summed E-state index contributed by atoms with van der Waals surface area (Å²) in [6, 6.07) is 12.6. The number of carbonyl (C=O) groups excluding carboxylic acids is 2. The second-order valence-electron chi connectivity index (χ2n) is 6.06. The number of nitrogens with zero attached hydrogens (tertiary/aromatic N) is 2. The Kier molecular flexibility index (Phi) is 4.81. The first-order valence-corrected chi connectivity index (χ1v) is 8.15. The molecule has 25 heavy (non-hydrogen) atoms. The third-order valence-corrected chi connectivity index (χ3v) is 4.54. The largest absolute Gasteiger partial charge is 0.330 e. The van der Waals surface area contributed by atoms with Crippen LogP contribution in [0.4, 0.5) is 10.1 Å². The van der Waals surface area contributed by atoms with Gasteiger partial charge >= 0.3 is 0 Å². The van der Waals surface area contributed by atoms with E-state index in [1.807, 2.05) is 0 Å². The molecule has 0 spiro atoms. The summed E-state index contributed by atoms with van der Waals surface area (Å²) < 4.78 is 14.0. The molecule has 0 aromatic heterocycles. The molecule has 1 aliphatic rings. The molecule has 5 nitrogen and oxygen atoms in total. The molecule has 0 unspecified atom stereocenters. The van der Waals surface area contributed by atoms with Gasteiger partial charge in [0.15, 0.2) is 0 Å². The van der Waals surface area contributed by atoms with Crippen LogP contribution in [0.3, 0.4) is 0 Å². The van der Waals surface area contributed by atoms with Crippen LogP contribution in [-0.4, -0.2) is 36.3 Å². The summed E-state index contributed by atoms with van der Waals surface area (Å²) in [4.78, 5) is 28.2. The molecule has 1 heterocycles. The van der Waals surface area contributed by atoms with Crippen LogP contribution in [0.25, 0.3) is 0 Å². The van der Waals surface area contributed by atoms with Gasteiger partial charge in [0, 0.05) is 25.7 Å². The predicted octanol–water partition coefficient (Wildman–Crippen LogP) is 2.16. The maximum Gasteiger partial charge on any atom is 0.254 e. The Morgan fingerprint density at radius 1 is 1.24 bits per heavy atom. The van der Waals surface area contributed by atoms with Crippen molar-refractivity contribution in [3.63, 3.8) is 0 Å². The molecule has 1 atom stereocenters. The number of hydrogen-bond donors (Lipinski definition) is 1. The molecule has 1 aliphatic heterocycles. The minimum absolute atomic E-state index is 0.239. The van der Waals surface area contributed by atoms with E-state index in [0.29, 0.717) is 25.1 Å². The lowest BCUT2D eigenvalue weighted by atomic mass is 10.1. The Labute approximate surface area is 145 Å². The van der Waals surface area contributed by atoms with Crippen LogP contribution >= 0.6 is 0 Å². The number of benzene rings is 2. The van der Waals surface area contributed by atoms with Gasteiger partial charge in [-0.3, -0.25) is 9.59 Å². The average Bonchev–Trinajstić information content (AvgIpc) is 3.02. The summed E-state index contributed by atoms with van der Waals surface area (Å²) >= 11 is 0. The number of carbonyl (C=O) groups is 2. The van der Waals surface area contributed by atoms with Crippen molar-refractivity contribution in [1.29, 1.82) is 0 Å². The normalized spacial score (nSPS) is 17.0. The van der Waals surface area contributed by atoms with E-state index < -0.39 is 11.9 Å². The zero-order chi connectivity index (χ0) is 18.0. The van der Waals surface area contributed by atoms with Crippen molar-refractivity contribution >= 4 is 17.5 Å². The first kappa shape index (κ1) is 17.1. The van der Waals surface area contributed by atoms with Crippen molar-refractivity contribution in [1.82, 2.24) is 4.90 Å². The summed E-state index contributed by atoms with van der Waals surface area (Å²) in [5, 5.41) is 0. The molecule has 0 saturated carbocycles. The second-order valence-corrected chi connectivity index (χ2v) is 6.06. The molecule has 2 amide bonds. The van der Waals surface area contributed by atoms with Gasteiger partial charge in [-0.05, 0) is 36.2 Å². The number of para-hydroxylation sites is 1. The third kappa shape index (κ3) is 3.25. The van der Waals surface area contributed by atoms with Gasteiger partial charge in [-0.2, -0.15) is 0 Å². The first-order chi connectivity index (χ1) is 12.0. The summed E-state index contributed by atoms with van der Waals surface area (Å²) in [5.74, 6) is -0.945. The summed E-state index contributed by atoms with van der Waals surface area (Å²) in [6.45, 7) is 0.789. The summed E-state index contributed by atoms with van der Waals surface area (Å²) in [6.07, 6.45) is 0.469. The Balaban J connectivity index is 1.76. The van der Waals surface area contributed by atoms with Gasteiger partial charge in [0.2, 0.25) is 5.91 Å². The van der Waals surface area contributed by atoms with Crippen LogP contribution in [0.1, 0.15) is 22.3 Å². The molecule has 0 bridgehead atoms. The highest BCUT2D eigenvalue weighted by Gasteiger charge is 2.38. The Morgan fingerprint density at radius 2 is 1.92 bits per heavy atom. The zero-order valence-corrected chi connectivity index (χ0v) is 14.0. The van der Waals surface area contributed by atoms with Crippen LogP contribution in [0.2, 0.25) is 0 Å². The Hall–Kier alpha value is -2.73. The maximum atomic E-state index is 14.0. The van der Waals surface area contributed by atoms with Crippen molar-refractivity contribution < 1.29 is 14.0 Å².